The molecule has 2 atom stereocenters. The molecule has 0 saturated carbocycles. The number of nitrogens with zero attached hydrogens (tertiary/aromatic N) is 3. The number of pyridine rings is 1. The van der Waals surface area contributed by atoms with Crippen LogP contribution in [0.5, 0.6) is 0 Å². The van der Waals surface area contributed by atoms with Crippen LogP contribution in [0.4, 0.5) is 5.69 Å². The average Bonchev–Trinajstić information content (AvgIpc) is 3.50. The van der Waals surface area contributed by atoms with Crippen LogP contribution in [0, 0.1) is 13.8 Å². The minimum atomic E-state index is -0.987. The topological polar surface area (TPSA) is 99.5 Å². The van der Waals surface area contributed by atoms with Crippen molar-refractivity contribution in [3.05, 3.63) is 125 Å². The molecule has 3 heterocycles. The zero-order chi connectivity index (χ0) is 30.1. The molecule has 9 heteroatoms. The number of amides is 1. The summed E-state index contributed by atoms with van der Waals surface area (Å²) in [7, 11) is 0. The third kappa shape index (κ3) is 5.35. The number of carbonyl (C=O) groups is 2. The van der Waals surface area contributed by atoms with Gasteiger partial charge < -0.3 is 25.2 Å². The third-order valence-electron chi connectivity index (χ3n) is 8.01. The SMILES string of the molecule is Cc1cc(C2C(c3ccccn3)NC(=S)N2CCC(=O)Nc2cccc3ccccc23)c(C)n1-c1ccccc1C(=O)O. The van der Waals surface area contributed by atoms with Gasteiger partial charge in [-0.3, -0.25) is 9.78 Å². The van der Waals surface area contributed by atoms with Crippen molar-refractivity contribution in [2.45, 2.75) is 32.4 Å². The van der Waals surface area contributed by atoms with E-state index in [0.717, 1.165) is 39.1 Å². The van der Waals surface area contributed by atoms with E-state index >= 15 is 0 Å². The normalized spacial score (nSPS) is 16.3. The van der Waals surface area contributed by atoms with Gasteiger partial charge in [-0.1, -0.05) is 54.6 Å². The summed E-state index contributed by atoms with van der Waals surface area (Å²) >= 11 is 5.84. The maximum atomic E-state index is 13.3. The molecular weight excluding hydrogens is 558 g/mol. The number of carboxylic acids is 1. The molecule has 3 aromatic carbocycles. The fourth-order valence-corrected chi connectivity index (χ4v) is 6.39. The van der Waals surface area contributed by atoms with Crippen LogP contribution in [0.25, 0.3) is 16.5 Å². The summed E-state index contributed by atoms with van der Waals surface area (Å²) in [5.41, 5.74) is 5.19. The molecule has 43 heavy (non-hydrogen) atoms. The summed E-state index contributed by atoms with van der Waals surface area (Å²) in [6.45, 7) is 4.34. The maximum absolute atomic E-state index is 13.3. The second kappa shape index (κ2) is 11.7. The molecule has 1 aliphatic heterocycles. The number of aryl methyl sites for hydroxylation is 1. The van der Waals surface area contributed by atoms with Gasteiger partial charge in [0.2, 0.25) is 5.91 Å². The van der Waals surface area contributed by atoms with Crippen LogP contribution >= 0.6 is 12.2 Å². The van der Waals surface area contributed by atoms with Gasteiger partial charge in [0, 0.05) is 41.6 Å². The zero-order valence-electron chi connectivity index (χ0n) is 23.8. The van der Waals surface area contributed by atoms with Crippen LogP contribution < -0.4 is 10.6 Å². The lowest BCUT2D eigenvalue weighted by Crippen LogP contribution is -2.33. The first-order valence-electron chi connectivity index (χ1n) is 14.1. The van der Waals surface area contributed by atoms with Crippen molar-refractivity contribution in [3.8, 4) is 5.69 Å². The van der Waals surface area contributed by atoms with Crippen molar-refractivity contribution in [3.63, 3.8) is 0 Å². The highest BCUT2D eigenvalue weighted by molar-refractivity contribution is 7.80. The molecule has 2 unspecified atom stereocenters. The van der Waals surface area contributed by atoms with E-state index in [4.69, 9.17) is 12.2 Å². The number of nitrogens with one attached hydrogen (secondary N) is 2. The van der Waals surface area contributed by atoms with Crippen molar-refractivity contribution < 1.29 is 14.7 Å². The van der Waals surface area contributed by atoms with Crippen molar-refractivity contribution in [2.24, 2.45) is 0 Å². The molecule has 6 rings (SSSR count). The van der Waals surface area contributed by atoms with E-state index in [1.807, 2.05) is 96.1 Å². The van der Waals surface area contributed by atoms with Crippen molar-refractivity contribution in [2.75, 3.05) is 11.9 Å². The fraction of sp³-hybridized carbons (Fsp3) is 0.176. The molecular formula is C34H31N5O3S. The summed E-state index contributed by atoms with van der Waals surface area (Å²) in [4.78, 5) is 32.0. The second-order valence-electron chi connectivity index (χ2n) is 10.6. The quantitative estimate of drug-likeness (QED) is 0.182. The summed E-state index contributed by atoms with van der Waals surface area (Å²) in [6.07, 6.45) is 1.97. The number of thiocarbonyl (C=S) groups is 1. The first-order chi connectivity index (χ1) is 20.8. The standard InChI is InChI=1S/C34H31N5O3S/c1-21-20-26(22(2)39(21)29-16-6-5-13-25(29)33(41)42)32-31(28-14-7-8-18-35-28)37-34(43)38(32)19-17-30(40)36-27-15-9-11-23-10-3-4-12-24(23)27/h3-16,18,20,31-32H,17,19H2,1-2H3,(H,36,40)(H,37,43)(H,41,42). The van der Waals surface area contributed by atoms with Crippen LogP contribution in [-0.2, 0) is 4.79 Å². The predicted octanol–water partition coefficient (Wildman–Crippen LogP) is 6.34. The third-order valence-corrected chi connectivity index (χ3v) is 8.36. The van der Waals surface area contributed by atoms with Gasteiger partial charge in [0.25, 0.3) is 0 Å². The number of benzene rings is 3. The second-order valence-corrected chi connectivity index (χ2v) is 11.0. The molecule has 1 fully saturated rings. The summed E-state index contributed by atoms with van der Waals surface area (Å²) in [5.74, 6) is -1.10. The number of carboxylic acid groups (broad SMARTS) is 1. The monoisotopic (exact) mass is 589 g/mol. The van der Waals surface area contributed by atoms with Gasteiger partial charge >= 0.3 is 5.97 Å². The van der Waals surface area contributed by atoms with Crippen molar-refractivity contribution >= 4 is 45.7 Å². The molecule has 0 bridgehead atoms. The molecule has 2 aromatic heterocycles. The number of anilines is 1. The molecule has 3 N–H and O–H groups in total. The highest BCUT2D eigenvalue weighted by Gasteiger charge is 2.41. The average molecular weight is 590 g/mol. The Hall–Kier alpha value is -5.02. The van der Waals surface area contributed by atoms with E-state index in [1.165, 1.54) is 0 Å². The van der Waals surface area contributed by atoms with Crippen LogP contribution in [0.1, 0.15) is 51.5 Å². The minimum absolute atomic E-state index is 0.111. The van der Waals surface area contributed by atoms with Gasteiger partial charge in [0.15, 0.2) is 5.11 Å². The van der Waals surface area contributed by atoms with E-state index in [0.29, 0.717) is 17.3 Å². The van der Waals surface area contributed by atoms with Gasteiger partial charge in [-0.25, -0.2) is 4.79 Å². The molecule has 1 aliphatic rings. The number of rotatable bonds is 8. The van der Waals surface area contributed by atoms with E-state index in [2.05, 4.69) is 21.7 Å². The van der Waals surface area contributed by atoms with E-state index in [9.17, 15) is 14.7 Å². The molecule has 0 radical (unpaired) electrons. The lowest BCUT2D eigenvalue weighted by molar-refractivity contribution is -0.116. The molecule has 1 saturated heterocycles. The van der Waals surface area contributed by atoms with Crippen LogP contribution in [0.3, 0.4) is 0 Å². The Morgan fingerprint density at radius 3 is 2.51 bits per heavy atom. The molecule has 0 spiro atoms. The van der Waals surface area contributed by atoms with Gasteiger partial charge in [-0.05, 0) is 73.4 Å². The summed E-state index contributed by atoms with van der Waals surface area (Å²) in [5, 5.41) is 19.0. The molecule has 216 valence electrons. The zero-order valence-corrected chi connectivity index (χ0v) is 24.6. The minimum Gasteiger partial charge on any atom is -0.478 e. The number of para-hydroxylation sites is 1. The first-order valence-corrected chi connectivity index (χ1v) is 14.5. The lowest BCUT2D eigenvalue weighted by atomic mass is 9.96. The number of hydrogen-bond acceptors (Lipinski definition) is 4. The van der Waals surface area contributed by atoms with Crippen molar-refractivity contribution in [1.82, 2.24) is 19.8 Å². The number of fused-ring (bicyclic) bond motifs is 1. The Morgan fingerprint density at radius 1 is 0.977 bits per heavy atom. The highest BCUT2D eigenvalue weighted by atomic mass is 32.1. The Labute approximate surface area is 255 Å². The van der Waals surface area contributed by atoms with Crippen LogP contribution in [-0.4, -0.2) is 43.1 Å². The molecule has 5 aromatic rings. The van der Waals surface area contributed by atoms with Gasteiger partial charge in [0.05, 0.1) is 29.0 Å². The largest absolute Gasteiger partial charge is 0.478 e. The lowest BCUT2D eigenvalue weighted by Gasteiger charge is -2.28. The smallest absolute Gasteiger partial charge is 0.337 e. The Balaban J connectivity index is 1.33. The summed E-state index contributed by atoms with van der Waals surface area (Å²) in [6, 6.07) is 28.1. The van der Waals surface area contributed by atoms with Gasteiger partial charge in [0.1, 0.15) is 0 Å². The number of aromatic carboxylic acids is 1. The molecule has 0 aliphatic carbocycles. The fourth-order valence-electron chi connectivity index (χ4n) is 6.06. The predicted molar refractivity (Wildman–Crippen MR) is 172 cm³/mol. The number of aromatic nitrogens is 2. The van der Waals surface area contributed by atoms with Gasteiger partial charge in [-0.15, -0.1) is 0 Å². The Kier molecular flexibility index (Phi) is 7.65. The van der Waals surface area contributed by atoms with Crippen LogP contribution in [0.15, 0.2) is 97.2 Å². The van der Waals surface area contributed by atoms with Gasteiger partial charge in [-0.2, -0.15) is 0 Å². The number of hydrogen-bond donors (Lipinski definition) is 3. The number of carbonyl (C=O) groups excluding carboxylic acids is 1. The highest BCUT2D eigenvalue weighted by Crippen LogP contribution is 2.41. The summed E-state index contributed by atoms with van der Waals surface area (Å²) < 4.78 is 1.97. The van der Waals surface area contributed by atoms with Crippen molar-refractivity contribution in [1.29, 1.82) is 0 Å². The first kappa shape index (κ1) is 28.1. The van der Waals surface area contributed by atoms with E-state index < -0.39 is 5.97 Å². The molecule has 8 nitrogen and oxygen atoms in total. The molecule has 1 amide bonds. The van der Waals surface area contributed by atoms with Crippen LogP contribution in [0.2, 0.25) is 0 Å². The van der Waals surface area contributed by atoms with E-state index in [1.54, 1.807) is 18.3 Å². The van der Waals surface area contributed by atoms with E-state index in [-0.39, 0.29) is 30.0 Å². The maximum Gasteiger partial charge on any atom is 0.337 e. The Bertz CT molecular complexity index is 1850. The Morgan fingerprint density at radius 2 is 1.72 bits per heavy atom.